The highest BCUT2D eigenvalue weighted by Gasteiger charge is 2.03. The maximum Gasteiger partial charge on any atom is 0.0869 e. The van der Waals surface area contributed by atoms with Crippen LogP contribution in [0.3, 0.4) is 0 Å². The Morgan fingerprint density at radius 3 is 2.85 bits per heavy atom. The van der Waals surface area contributed by atoms with Gasteiger partial charge in [-0.15, -0.1) is 24.0 Å². The fourth-order valence-electron chi connectivity index (χ4n) is 1.42. The molecule has 3 heteroatoms. The molecule has 13 heavy (non-hydrogen) atoms. The van der Waals surface area contributed by atoms with Crippen molar-refractivity contribution in [1.82, 2.24) is 0 Å². The predicted molar refractivity (Wildman–Crippen MR) is 62.9 cm³/mol. The molecule has 0 aliphatic carbocycles. The molecule has 0 saturated heterocycles. The summed E-state index contributed by atoms with van der Waals surface area (Å²) in [6.45, 7) is 2.14. The first kappa shape index (κ1) is 8.91. The maximum atomic E-state index is 5.74. The highest BCUT2D eigenvalue weighted by molar-refractivity contribution is 7.80. The Kier molecular flexibility index (Phi) is 2.22. The molecule has 0 aliphatic rings. The number of anilines is 1. The normalized spacial score (nSPS) is 10.9. The number of nitrogens with two attached hydrogens (primary N) is 1. The third-order valence-corrected chi connectivity index (χ3v) is 3.60. The second kappa shape index (κ2) is 3.24. The number of hydrogen-bond donors (Lipinski definition) is 2. The Labute approximate surface area is 87.0 Å². The van der Waals surface area contributed by atoms with Gasteiger partial charge in [-0.2, -0.15) is 0 Å². The lowest BCUT2D eigenvalue weighted by molar-refractivity contribution is 1.14. The van der Waals surface area contributed by atoms with Crippen LogP contribution in [0.4, 0.5) is 5.00 Å². The molecule has 2 N–H and O–H groups in total. The number of fused-ring (bicyclic) bond motifs is 1. The van der Waals surface area contributed by atoms with Gasteiger partial charge in [-0.25, -0.2) is 0 Å². The smallest absolute Gasteiger partial charge is 0.0869 e. The van der Waals surface area contributed by atoms with Crippen LogP contribution in [0.5, 0.6) is 0 Å². The van der Waals surface area contributed by atoms with Crippen LogP contribution < -0.4 is 5.73 Å². The highest BCUT2D eigenvalue weighted by Crippen LogP contribution is 2.33. The van der Waals surface area contributed by atoms with Crippen molar-refractivity contribution < 1.29 is 0 Å². The predicted octanol–water partition coefficient (Wildman–Crippen LogP) is 3.33. The summed E-state index contributed by atoms with van der Waals surface area (Å²) in [4.78, 5) is 1.04. The van der Waals surface area contributed by atoms with E-state index in [9.17, 15) is 0 Å². The van der Waals surface area contributed by atoms with Crippen molar-refractivity contribution in [3.8, 4) is 0 Å². The Balaban J connectivity index is 2.75. The molecule has 1 aromatic heterocycles. The number of thiophene rings is 1. The number of benzene rings is 1. The first-order valence-corrected chi connectivity index (χ1v) is 5.48. The molecule has 0 radical (unpaired) electrons. The van der Waals surface area contributed by atoms with E-state index in [0.29, 0.717) is 0 Å². The van der Waals surface area contributed by atoms with E-state index in [0.717, 1.165) is 16.3 Å². The minimum atomic E-state index is 0.860. The number of rotatable bonds is 1. The molecule has 2 rings (SSSR count). The molecule has 0 unspecified atom stereocenters. The molecule has 68 valence electrons. The highest BCUT2D eigenvalue weighted by atomic mass is 32.1. The average Bonchev–Trinajstić information content (AvgIpc) is 2.46. The molecule has 0 fully saturated rings. The van der Waals surface area contributed by atoms with Gasteiger partial charge in [0.05, 0.1) is 5.00 Å². The SMILES string of the molecule is CCc1cc(S)c2sc(N)cc2c1. The Morgan fingerprint density at radius 1 is 1.38 bits per heavy atom. The molecule has 0 saturated carbocycles. The standard InChI is InChI=1S/C10H11NS2/c1-2-6-3-7-5-9(11)13-10(7)8(12)4-6/h3-5,12H,2,11H2,1H3. The summed E-state index contributed by atoms with van der Waals surface area (Å²) in [5, 5.41) is 2.07. The number of thiol groups is 1. The quantitative estimate of drug-likeness (QED) is 0.692. The molecule has 1 aromatic carbocycles. The van der Waals surface area contributed by atoms with Crippen molar-refractivity contribution in [3.05, 3.63) is 23.8 Å². The number of aryl methyl sites for hydroxylation is 1. The number of hydrogen-bond acceptors (Lipinski definition) is 3. The van der Waals surface area contributed by atoms with Crippen molar-refractivity contribution in [2.24, 2.45) is 0 Å². The molecule has 0 spiro atoms. The van der Waals surface area contributed by atoms with E-state index in [-0.39, 0.29) is 0 Å². The van der Waals surface area contributed by atoms with Gasteiger partial charge in [0.2, 0.25) is 0 Å². The first-order chi connectivity index (χ1) is 6.20. The van der Waals surface area contributed by atoms with Crippen LogP contribution >= 0.6 is 24.0 Å². The molecule has 0 amide bonds. The van der Waals surface area contributed by atoms with Crippen LogP contribution in [0.1, 0.15) is 12.5 Å². The van der Waals surface area contributed by atoms with E-state index in [4.69, 9.17) is 5.73 Å². The van der Waals surface area contributed by atoms with Gasteiger partial charge >= 0.3 is 0 Å². The van der Waals surface area contributed by atoms with Crippen molar-refractivity contribution in [2.75, 3.05) is 5.73 Å². The fourth-order valence-corrected chi connectivity index (χ4v) is 2.67. The average molecular weight is 209 g/mol. The minimum Gasteiger partial charge on any atom is -0.391 e. The molecule has 0 atom stereocenters. The third-order valence-electron chi connectivity index (χ3n) is 2.08. The second-order valence-electron chi connectivity index (χ2n) is 3.04. The van der Waals surface area contributed by atoms with E-state index < -0.39 is 0 Å². The zero-order valence-electron chi connectivity index (χ0n) is 7.37. The Morgan fingerprint density at radius 2 is 2.15 bits per heavy atom. The van der Waals surface area contributed by atoms with Crippen LogP contribution in [-0.2, 0) is 6.42 Å². The van der Waals surface area contributed by atoms with Gasteiger partial charge in [0, 0.05) is 9.60 Å². The number of nitrogen functional groups attached to an aromatic ring is 1. The van der Waals surface area contributed by atoms with Crippen LogP contribution in [0, 0.1) is 0 Å². The van der Waals surface area contributed by atoms with Gasteiger partial charge < -0.3 is 5.73 Å². The third kappa shape index (κ3) is 1.54. The summed E-state index contributed by atoms with van der Waals surface area (Å²) < 4.78 is 1.19. The lowest BCUT2D eigenvalue weighted by Gasteiger charge is -1.99. The molecule has 0 bridgehead atoms. The fraction of sp³-hybridized carbons (Fsp3) is 0.200. The summed E-state index contributed by atoms with van der Waals surface area (Å²) in [5.74, 6) is 0. The van der Waals surface area contributed by atoms with Crippen molar-refractivity contribution in [2.45, 2.75) is 18.2 Å². The molecule has 1 heterocycles. The van der Waals surface area contributed by atoms with E-state index in [1.807, 2.05) is 6.07 Å². The topological polar surface area (TPSA) is 26.0 Å². The van der Waals surface area contributed by atoms with E-state index >= 15 is 0 Å². The Hall–Kier alpha value is -0.670. The van der Waals surface area contributed by atoms with Crippen LogP contribution in [0.2, 0.25) is 0 Å². The summed E-state index contributed by atoms with van der Waals surface area (Å²) >= 11 is 6.04. The molecular formula is C10H11NS2. The summed E-state index contributed by atoms with van der Waals surface area (Å²) in [5.41, 5.74) is 7.05. The largest absolute Gasteiger partial charge is 0.391 e. The molecule has 1 nitrogen and oxygen atoms in total. The summed E-state index contributed by atoms with van der Waals surface area (Å²) in [7, 11) is 0. The van der Waals surface area contributed by atoms with E-state index in [1.54, 1.807) is 11.3 Å². The lowest BCUT2D eigenvalue weighted by atomic mass is 10.1. The van der Waals surface area contributed by atoms with E-state index in [2.05, 4.69) is 31.7 Å². The first-order valence-electron chi connectivity index (χ1n) is 4.21. The molecule has 2 aromatic rings. The van der Waals surface area contributed by atoms with Gasteiger partial charge in [-0.3, -0.25) is 0 Å². The maximum absolute atomic E-state index is 5.74. The van der Waals surface area contributed by atoms with Crippen molar-refractivity contribution in [3.63, 3.8) is 0 Å². The monoisotopic (exact) mass is 209 g/mol. The van der Waals surface area contributed by atoms with Crippen LogP contribution in [0.15, 0.2) is 23.1 Å². The van der Waals surface area contributed by atoms with Crippen molar-refractivity contribution in [1.29, 1.82) is 0 Å². The minimum absolute atomic E-state index is 0.860. The van der Waals surface area contributed by atoms with Gasteiger partial charge in [-0.1, -0.05) is 13.0 Å². The lowest BCUT2D eigenvalue weighted by Crippen LogP contribution is -1.79. The van der Waals surface area contributed by atoms with Crippen LogP contribution in [0.25, 0.3) is 10.1 Å². The molecule has 0 aliphatic heterocycles. The second-order valence-corrected chi connectivity index (χ2v) is 4.60. The molecular weight excluding hydrogens is 198 g/mol. The van der Waals surface area contributed by atoms with E-state index in [1.165, 1.54) is 15.6 Å². The zero-order valence-corrected chi connectivity index (χ0v) is 9.08. The summed E-state index contributed by atoms with van der Waals surface area (Å²) in [6.07, 6.45) is 1.04. The van der Waals surface area contributed by atoms with Gasteiger partial charge in [0.1, 0.15) is 0 Å². The van der Waals surface area contributed by atoms with Crippen molar-refractivity contribution >= 4 is 39.1 Å². The summed E-state index contributed by atoms with van der Waals surface area (Å²) in [6, 6.07) is 6.31. The van der Waals surface area contributed by atoms with Crippen LogP contribution in [-0.4, -0.2) is 0 Å². The zero-order chi connectivity index (χ0) is 9.42. The van der Waals surface area contributed by atoms with Gasteiger partial charge in [0.15, 0.2) is 0 Å². The van der Waals surface area contributed by atoms with Gasteiger partial charge in [0.25, 0.3) is 0 Å². The Bertz CT molecular complexity index is 445. The van der Waals surface area contributed by atoms with Gasteiger partial charge in [-0.05, 0) is 29.5 Å².